The van der Waals surface area contributed by atoms with Gasteiger partial charge in [0.25, 0.3) is 0 Å². The van der Waals surface area contributed by atoms with Gasteiger partial charge in [0, 0.05) is 5.56 Å². The van der Waals surface area contributed by atoms with Gasteiger partial charge < -0.3 is 25.2 Å². The summed E-state index contributed by atoms with van der Waals surface area (Å²) in [6.45, 7) is 1.16. The van der Waals surface area contributed by atoms with Gasteiger partial charge in [-0.1, -0.05) is 6.07 Å². The number of methoxy groups -OCH3 is 1. The molecule has 0 fully saturated rings. The highest BCUT2D eigenvalue weighted by atomic mass is 16.5. The maximum atomic E-state index is 11.0. The topological polar surface area (TPSA) is 107 Å². The summed E-state index contributed by atoms with van der Waals surface area (Å²) in [6, 6.07) is 3.55. The maximum Gasteiger partial charge on any atom is 0.343 e. The Morgan fingerprint density at radius 2 is 2.06 bits per heavy atom. The molecular formula is C11H14O6. The van der Waals surface area contributed by atoms with Crippen LogP contribution in [-0.4, -0.2) is 39.6 Å². The molecule has 0 radical (unpaired) electrons. The number of carboxylic acids is 1. The van der Waals surface area contributed by atoms with Crippen LogP contribution in [0.3, 0.4) is 0 Å². The van der Waals surface area contributed by atoms with Gasteiger partial charge in [0.15, 0.2) is 11.5 Å². The van der Waals surface area contributed by atoms with Crippen molar-refractivity contribution in [1.82, 2.24) is 0 Å². The molecule has 2 atom stereocenters. The third-order valence-electron chi connectivity index (χ3n) is 2.55. The lowest BCUT2D eigenvalue weighted by atomic mass is 9.89. The van der Waals surface area contributed by atoms with Crippen LogP contribution in [0.1, 0.15) is 12.5 Å². The highest BCUT2D eigenvalue weighted by Gasteiger charge is 2.43. The van der Waals surface area contributed by atoms with E-state index >= 15 is 0 Å². The van der Waals surface area contributed by atoms with E-state index < -0.39 is 17.7 Å². The molecule has 0 saturated carbocycles. The van der Waals surface area contributed by atoms with Crippen LogP contribution < -0.4 is 4.74 Å². The van der Waals surface area contributed by atoms with Crippen molar-refractivity contribution in [2.45, 2.75) is 18.6 Å². The molecule has 17 heavy (non-hydrogen) atoms. The van der Waals surface area contributed by atoms with Crippen LogP contribution in [0.4, 0.5) is 0 Å². The van der Waals surface area contributed by atoms with E-state index in [9.17, 15) is 20.1 Å². The minimum atomic E-state index is -2.44. The highest BCUT2D eigenvalue weighted by Crippen LogP contribution is 2.33. The van der Waals surface area contributed by atoms with Crippen molar-refractivity contribution < 1.29 is 30.0 Å². The Balaban J connectivity index is 3.35. The number of phenols is 1. The van der Waals surface area contributed by atoms with E-state index in [0.717, 1.165) is 13.0 Å². The first-order chi connectivity index (χ1) is 7.83. The van der Waals surface area contributed by atoms with Crippen LogP contribution in [-0.2, 0) is 10.4 Å². The molecule has 4 N–H and O–H groups in total. The number of hydrogen-bond donors (Lipinski definition) is 4. The van der Waals surface area contributed by atoms with Gasteiger partial charge in [0.2, 0.25) is 5.60 Å². The number of rotatable bonds is 4. The van der Waals surface area contributed by atoms with Gasteiger partial charge in [-0.05, 0) is 19.1 Å². The molecule has 0 aliphatic heterocycles. The summed E-state index contributed by atoms with van der Waals surface area (Å²) in [4.78, 5) is 11.0. The third-order valence-corrected chi connectivity index (χ3v) is 2.55. The highest BCUT2D eigenvalue weighted by molar-refractivity contribution is 5.80. The normalized spacial score (nSPS) is 16.0. The number of ether oxygens (including phenoxy) is 1. The number of aliphatic carboxylic acids is 1. The molecule has 0 saturated heterocycles. The largest absolute Gasteiger partial charge is 0.504 e. The minimum absolute atomic E-state index is 0.0165. The van der Waals surface area contributed by atoms with Crippen molar-refractivity contribution in [1.29, 1.82) is 0 Å². The fourth-order valence-corrected chi connectivity index (χ4v) is 1.46. The van der Waals surface area contributed by atoms with E-state index in [1.807, 2.05) is 0 Å². The van der Waals surface area contributed by atoms with Crippen LogP contribution in [0.25, 0.3) is 0 Å². The van der Waals surface area contributed by atoms with E-state index in [1.54, 1.807) is 0 Å². The Morgan fingerprint density at radius 3 is 2.47 bits per heavy atom. The lowest BCUT2D eigenvalue weighted by molar-refractivity contribution is -0.172. The number of aliphatic hydroxyl groups excluding tert-OH is 1. The fraction of sp³-hybridized carbons (Fsp3) is 0.364. The van der Waals surface area contributed by atoms with E-state index in [2.05, 4.69) is 0 Å². The molecule has 94 valence electrons. The third kappa shape index (κ3) is 2.17. The number of hydrogen-bond acceptors (Lipinski definition) is 5. The second-order valence-corrected chi connectivity index (χ2v) is 3.63. The van der Waals surface area contributed by atoms with Crippen LogP contribution in [0.5, 0.6) is 11.5 Å². The van der Waals surface area contributed by atoms with E-state index in [0.29, 0.717) is 0 Å². The Kier molecular flexibility index (Phi) is 3.59. The number of carbonyl (C=O) groups is 1. The number of aromatic hydroxyl groups is 1. The van der Waals surface area contributed by atoms with Gasteiger partial charge in [-0.2, -0.15) is 0 Å². The van der Waals surface area contributed by atoms with Crippen molar-refractivity contribution in [3.63, 3.8) is 0 Å². The number of phenolic OH excluding ortho intramolecular Hbond substituents is 1. The van der Waals surface area contributed by atoms with Gasteiger partial charge in [0.1, 0.15) is 0 Å². The van der Waals surface area contributed by atoms with E-state index in [4.69, 9.17) is 9.84 Å². The van der Waals surface area contributed by atoms with E-state index in [1.165, 1.54) is 19.2 Å². The Bertz CT molecular complexity index is 428. The molecule has 1 aromatic rings. The fourth-order valence-electron chi connectivity index (χ4n) is 1.46. The summed E-state index contributed by atoms with van der Waals surface area (Å²) in [5, 5.41) is 37.7. The van der Waals surface area contributed by atoms with Crippen LogP contribution in [0, 0.1) is 0 Å². The molecule has 0 heterocycles. The molecule has 0 aliphatic carbocycles. The number of carboxylic acid groups (broad SMARTS) is 1. The second-order valence-electron chi connectivity index (χ2n) is 3.63. The first kappa shape index (κ1) is 13.3. The van der Waals surface area contributed by atoms with Crippen LogP contribution >= 0.6 is 0 Å². The molecule has 2 unspecified atom stereocenters. The Hall–Kier alpha value is -1.79. The van der Waals surface area contributed by atoms with Crippen molar-refractivity contribution in [2.24, 2.45) is 0 Å². The van der Waals surface area contributed by atoms with Gasteiger partial charge in [-0.15, -0.1) is 0 Å². The Morgan fingerprint density at radius 1 is 1.47 bits per heavy atom. The summed E-state index contributed by atoms with van der Waals surface area (Å²) in [6.07, 6.45) is -1.52. The van der Waals surface area contributed by atoms with E-state index in [-0.39, 0.29) is 17.1 Å². The zero-order chi connectivity index (χ0) is 13.2. The average Bonchev–Trinajstić information content (AvgIpc) is 2.28. The summed E-state index contributed by atoms with van der Waals surface area (Å²) in [5.74, 6) is -1.75. The average molecular weight is 242 g/mol. The minimum Gasteiger partial charge on any atom is -0.504 e. The molecule has 0 spiro atoms. The number of benzene rings is 1. The molecular weight excluding hydrogens is 228 g/mol. The molecule has 0 amide bonds. The lowest BCUT2D eigenvalue weighted by Crippen LogP contribution is -2.45. The van der Waals surface area contributed by atoms with Crippen molar-refractivity contribution >= 4 is 5.97 Å². The molecule has 6 heteroatoms. The molecule has 0 aliphatic rings. The Labute approximate surface area is 97.7 Å². The number of aliphatic hydroxyl groups is 2. The van der Waals surface area contributed by atoms with Crippen molar-refractivity contribution in [3.05, 3.63) is 23.8 Å². The maximum absolute atomic E-state index is 11.0. The van der Waals surface area contributed by atoms with Crippen molar-refractivity contribution in [3.8, 4) is 11.5 Å². The summed E-state index contributed by atoms with van der Waals surface area (Å²) in [7, 11) is 1.29. The lowest BCUT2D eigenvalue weighted by Gasteiger charge is -2.27. The monoisotopic (exact) mass is 242 g/mol. The first-order valence-electron chi connectivity index (χ1n) is 4.85. The predicted molar refractivity (Wildman–Crippen MR) is 57.9 cm³/mol. The zero-order valence-electron chi connectivity index (χ0n) is 9.41. The van der Waals surface area contributed by atoms with Gasteiger partial charge in [0.05, 0.1) is 13.2 Å². The first-order valence-corrected chi connectivity index (χ1v) is 4.85. The smallest absolute Gasteiger partial charge is 0.343 e. The quantitative estimate of drug-likeness (QED) is 0.594. The summed E-state index contributed by atoms with van der Waals surface area (Å²) < 4.78 is 4.80. The van der Waals surface area contributed by atoms with Crippen LogP contribution in [0.2, 0.25) is 0 Å². The molecule has 0 aromatic heterocycles. The SMILES string of the molecule is COc1cc(C(O)(C(=O)O)C(C)O)ccc1O. The van der Waals surface area contributed by atoms with Crippen LogP contribution in [0.15, 0.2) is 18.2 Å². The molecule has 1 rings (SSSR count). The molecule has 6 nitrogen and oxygen atoms in total. The van der Waals surface area contributed by atoms with Gasteiger partial charge in [-0.25, -0.2) is 4.79 Å². The van der Waals surface area contributed by atoms with Crippen molar-refractivity contribution in [2.75, 3.05) is 7.11 Å². The summed E-state index contributed by atoms with van der Waals surface area (Å²) >= 11 is 0. The summed E-state index contributed by atoms with van der Waals surface area (Å²) in [5.41, 5.74) is -2.52. The molecule has 0 bridgehead atoms. The molecule has 1 aromatic carbocycles. The van der Waals surface area contributed by atoms with Gasteiger partial charge in [-0.3, -0.25) is 0 Å². The predicted octanol–water partition coefficient (Wildman–Crippen LogP) is 0.0538. The standard InChI is InChI=1S/C11H14O6/c1-6(12)11(16,10(14)15)7-3-4-8(13)9(5-7)17-2/h3-6,12-13,16H,1-2H3,(H,14,15). The zero-order valence-corrected chi connectivity index (χ0v) is 9.41. The second kappa shape index (κ2) is 4.60. The van der Waals surface area contributed by atoms with Gasteiger partial charge >= 0.3 is 5.97 Å².